The van der Waals surface area contributed by atoms with Crippen LogP contribution in [0.5, 0.6) is 0 Å². The molecule has 5 nitrogen and oxygen atoms in total. The summed E-state index contributed by atoms with van der Waals surface area (Å²) in [5.41, 5.74) is -1.42. The predicted octanol–water partition coefficient (Wildman–Crippen LogP) is 3.29. The average molecular weight is 344 g/mol. The van der Waals surface area contributed by atoms with E-state index >= 15 is 0 Å². The van der Waals surface area contributed by atoms with Gasteiger partial charge in [-0.3, -0.25) is 14.5 Å². The number of benzene rings is 2. The number of carbonyl (C=O) groups is 3. The first-order valence-electron chi connectivity index (χ1n) is 7.47. The van der Waals surface area contributed by atoms with E-state index in [1.165, 1.54) is 38.1 Å². The highest BCUT2D eigenvalue weighted by atomic mass is 19.1. The molecule has 1 heterocycles. The van der Waals surface area contributed by atoms with E-state index in [1.54, 1.807) is 0 Å². The number of halogens is 2. The number of ketones is 1. The first kappa shape index (κ1) is 16.8. The van der Waals surface area contributed by atoms with Gasteiger partial charge in [0.2, 0.25) is 0 Å². The Morgan fingerprint density at radius 3 is 1.76 bits per heavy atom. The van der Waals surface area contributed by atoms with E-state index in [4.69, 9.17) is 0 Å². The second-order valence-electron chi connectivity index (χ2n) is 5.84. The van der Waals surface area contributed by atoms with Gasteiger partial charge in [-0.2, -0.15) is 0 Å². The fourth-order valence-corrected chi connectivity index (χ4v) is 2.78. The van der Waals surface area contributed by atoms with Crippen LogP contribution in [0.25, 0.3) is 0 Å². The predicted molar refractivity (Wildman–Crippen MR) is 87.2 cm³/mol. The van der Waals surface area contributed by atoms with Gasteiger partial charge in [-0.15, -0.1) is 0 Å². The zero-order valence-corrected chi connectivity index (χ0v) is 13.5. The number of hydrogen-bond donors (Lipinski definition) is 0. The maximum atomic E-state index is 13.2. The Morgan fingerprint density at radius 2 is 1.32 bits per heavy atom. The molecule has 25 heavy (non-hydrogen) atoms. The van der Waals surface area contributed by atoms with E-state index in [9.17, 15) is 23.2 Å². The minimum Gasteiger partial charge on any atom is -0.297 e. The first-order valence-corrected chi connectivity index (χ1v) is 7.47. The van der Waals surface area contributed by atoms with Gasteiger partial charge in [0.15, 0.2) is 11.3 Å². The van der Waals surface area contributed by atoms with Crippen molar-refractivity contribution in [3.05, 3.63) is 60.2 Å². The van der Waals surface area contributed by atoms with Crippen LogP contribution in [0.3, 0.4) is 0 Å². The molecule has 1 aliphatic rings. The molecular formula is C18H14F2N2O3. The van der Waals surface area contributed by atoms with Crippen molar-refractivity contribution in [2.24, 2.45) is 0 Å². The van der Waals surface area contributed by atoms with Crippen LogP contribution in [-0.4, -0.2) is 23.3 Å². The van der Waals surface area contributed by atoms with Crippen LogP contribution in [0.1, 0.15) is 13.8 Å². The second-order valence-corrected chi connectivity index (χ2v) is 5.84. The van der Waals surface area contributed by atoms with Gasteiger partial charge < -0.3 is 0 Å². The number of rotatable bonds is 3. The first-order chi connectivity index (χ1) is 11.8. The lowest BCUT2D eigenvalue weighted by Gasteiger charge is -2.29. The summed E-state index contributed by atoms with van der Waals surface area (Å²) in [5, 5.41) is 0. The minimum atomic E-state index is -1.77. The fourth-order valence-electron chi connectivity index (χ4n) is 2.78. The normalized spacial score (nSPS) is 20.3. The zero-order chi connectivity index (χ0) is 18.4. The lowest BCUT2D eigenvalue weighted by atomic mass is 9.95. The number of amides is 3. The minimum absolute atomic E-state index is 0.147. The van der Waals surface area contributed by atoms with Crippen molar-refractivity contribution in [3.8, 4) is 0 Å². The quantitative estimate of drug-likeness (QED) is 0.634. The van der Waals surface area contributed by atoms with Crippen molar-refractivity contribution >= 4 is 29.1 Å². The molecule has 0 bridgehead atoms. The Hall–Kier alpha value is -3.09. The van der Waals surface area contributed by atoms with Crippen molar-refractivity contribution in [1.82, 2.24) is 0 Å². The maximum Gasteiger partial charge on any atom is 0.337 e. The van der Waals surface area contributed by atoms with Crippen molar-refractivity contribution in [3.63, 3.8) is 0 Å². The molecule has 128 valence electrons. The summed E-state index contributed by atoms with van der Waals surface area (Å²) < 4.78 is 26.3. The van der Waals surface area contributed by atoms with Crippen molar-refractivity contribution in [2.75, 3.05) is 9.80 Å². The summed E-state index contributed by atoms with van der Waals surface area (Å²) in [6.45, 7) is 2.54. The average Bonchev–Trinajstić information content (AvgIpc) is 2.77. The van der Waals surface area contributed by atoms with E-state index in [0.717, 1.165) is 34.1 Å². The number of hydrogen-bond acceptors (Lipinski definition) is 3. The third kappa shape index (κ3) is 2.48. The third-order valence-corrected chi connectivity index (χ3v) is 4.30. The molecular weight excluding hydrogens is 330 g/mol. The van der Waals surface area contributed by atoms with Gasteiger partial charge in [0.25, 0.3) is 5.91 Å². The lowest BCUT2D eigenvalue weighted by molar-refractivity contribution is -0.130. The monoisotopic (exact) mass is 344 g/mol. The Labute approximate surface area is 142 Å². The molecule has 3 amide bonds. The van der Waals surface area contributed by atoms with E-state index in [2.05, 4.69) is 0 Å². The molecule has 0 radical (unpaired) electrons. The molecule has 1 aliphatic heterocycles. The summed E-state index contributed by atoms with van der Waals surface area (Å²) in [6, 6.07) is 8.91. The Balaban J connectivity index is 2.14. The van der Waals surface area contributed by atoms with Crippen LogP contribution in [-0.2, 0) is 9.59 Å². The molecule has 1 atom stereocenters. The van der Waals surface area contributed by atoms with E-state index < -0.39 is 34.9 Å². The molecule has 0 aliphatic carbocycles. The number of urea groups is 1. The second kappa shape index (κ2) is 5.77. The molecule has 1 fully saturated rings. The number of imide groups is 1. The number of Topliss-reactive ketones (excluding diaryl/α,β-unsaturated/α-hetero) is 1. The molecule has 0 spiro atoms. The van der Waals surface area contributed by atoms with E-state index in [-0.39, 0.29) is 11.4 Å². The summed E-state index contributed by atoms with van der Waals surface area (Å²) in [6.07, 6.45) is 0. The molecule has 7 heteroatoms. The summed E-state index contributed by atoms with van der Waals surface area (Å²) in [4.78, 5) is 39.9. The van der Waals surface area contributed by atoms with Crippen LogP contribution in [0.2, 0.25) is 0 Å². The SMILES string of the molecule is CC(=O)[C@]1(C)C(=O)N(c2ccc(F)cc2)C(=O)N1c1ccc(F)cc1. The Bertz CT molecular complexity index is 865. The van der Waals surface area contributed by atoms with Gasteiger partial charge in [0, 0.05) is 5.69 Å². The Morgan fingerprint density at radius 1 is 0.880 bits per heavy atom. The molecule has 2 aromatic carbocycles. The number of carbonyl (C=O) groups excluding carboxylic acids is 3. The van der Waals surface area contributed by atoms with Gasteiger partial charge >= 0.3 is 6.03 Å². The summed E-state index contributed by atoms with van der Waals surface area (Å²) >= 11 is 0. The number of nitrogens with zero attached hydrogens (tertiary/aromatic N) is 2. The topological polar surface area (TPSA) is 57.7 Å². The molecule has 0 saturated carbocycles. The van der Waals surface area contributed by atoms with Crippen LogP contribution >= 0.6 is 0 Å². The van der Waals surface area contributed by atoms with Crippen LogP contribution in [0.15, 0.2) is 48.5 Å². The van der Waals surface area contributed by atoms with Gasteiger partial charge in [0.05, 0.1) is 5.69 Å². The van der Waals surface area contributed by atoms with Crippen molar-refractivity contribution < 1.29 is 23.2 Å². The molecule has 0 N–H and O–H groups in total. The van der Waals surface area contributed by atoms with Crippen LogP contribution < -0.4 is 9.80 Å². The highest BCUT2D eigenvalue weighted by molar-refractivity contribution is 6.37. The smallest absolute Gasteiger partial charge is 0.297 e. The van der Waals surface area contributed by atoms with E-state index in [0.29, 0.717) is 0 Å². The highest BCUT2D eigenvalue weighted by Crippen LogP contribution is 2.37. The standard InChI is InChI=1S/C18H14F2N2O3/c1-11(23)18(2)16(24)21(14-7-3-12(19)4-8-14)17(25)22(18)15-9-5-13(20)6-10-15/h3-10H,1-2H3/t18-/m1/s1. The van der Waals surface area contributed by atoms with Crippen molar-refractivity contribution in [1.29, 1.82) is 0 Å². The lowest BCUT2D eigenvalue weighted by Crippen LogP contribution is -2.53. The van der Waals surface area contributed by atoms with Gasteiger partial charge in [-0.1, -0.05) is 0 Å². The summed E-state index contributed by atoms with van der Waals surface area (Å²) in [7, 11) is 0. The van der Waals surface area contributed by atoms with Crippen LogP contribution in [0.4, 0.5) is 25.0 Å². The molecule has 0 unspecified atom stereocenters. The summed E-state index contributed by atoms with van der Waals surface area (Å²) in [5.74, 6) is -2.32. The molecule has 1 saturated heterocycles. The third-order valence-electron chi connectivity index (χ3n) is 4.30. The number of anilines is 2. The van der Waals surface area contributed by atoms with Crippen LogP contribution in [0, 0.1) is 11.6 Å². The zero-order valence-electron chi connectivity index (χ0n) is 13.5. The fraction of sp³-hybridized carbons (Fsp3) is 0.167. The maximum absolute atomic E-state index is 13.2. The van der Waals surface area contributed by atoms with Gasteiger partial charge in [-0.25, -0.2) is 18.5 Å². The Kier molecular flexibility index (Phi) is 3.87. The molecule has 2 aromatic rings. The van der Waals surface area contributed by atoms with Crippen molar-refractivity contribution in [2.45, 2.75) is 19.4 Å². The highest BCUT2D eigenvalue weighted by Gasteiger charge is 2.58. The molecule has 0 aromatic heterocycles. The van der Waals surface area contributed by atoms with E-state index in [1.807, 2.05) is 0 Å². The molecule has 3 rings (SSSR count). The van der Waals surface area contributed by atoms with Gasteiger partial charge in [-0.05, 0) is 62.4 Å². The largest absolute Gasteiger partial charge is 0.337 e. The van der Waals surface area contributed by atoms with Gasteiger partial charge in [0.1, 0.15) is 11.6 Å².